The van der Waals surface area contributed by atoms with Gasteiger partial charge in [0.05, 0.1) is 17.4 Å². The topological polar surface area (TPSA) is 87.2 Å². The van der Waals surface area contributed by atoms with Crippen LogP contribution in [0.3, 0.4) is 0 Å². The largest absolute Gasteiger partial charge is 0.332 e. The summed E-state index contributed by atoms with van der Waals surface area (Å²) >= 11 is 0. The van der Waals surface area contributed by atoms with Crippen molar-refractivity contribution >= 4 is 11.6 Å². The fraction of sp³-hybridized carbons (Fsp3) is 0.273. The third-order valence-corrected chi connectivity index (χ3v) is 2.24. The van der Waals surface area contributed by atoms with Crippen molar-refractivity contribution in [2.75, 3.05) is 13.6 Å². The van der Waals surface area contributed by atoms with Crippen LogP contribution in [0.5, 0.6) is 0 Å². The Balaban J connectivity index is 2.67. The number of carbonyl (C=O) groups excluding carboxylic acids is 1. The fourth-order valence-electron chi connectivity index (χ4n) is 1.24. The molecule has 0 heterocycles. The molecule has 0 fully saturated rings. The number of nitrogens with zero attached hydrogens (tertiary/aromatic N) is 3. The molecule has 1 amide bonds. The summed E-state index contributed by atoms with van der Waals surface area (Å²) in [6.07, 6.45) is 0.135. The minimum atomic E-state index is -0.493. The van der Waals surface area contributed by atoms with Gasteiger partial charge < -0.3 is 4.90 Å². The summed E-state index contributed by atoms with van der Waals surface area (Å²) in [7, 11) is 1.54. The Hall–Kier alpha value is -2.42. The van der Waals surface area contributed by atoms with Gasteiger partial charge in [0, 0.05) is 19.2 Å². The number of hydrogen-bond donors (Lipinski definition) is 0. The third kappa shape index (κ3) is 3.57. The maximum atomic E-state index is 11.6. The molecule has 17 heavy (non-hydrogen) atoms. The number of nitro groups is 1. The van der Waals surface area contributed by atoms with Gasteiger partial charge in [0.1, 0.15) is 6.54 Å². The molecule has 1 rings (SSSR count). The maximum absolute atomic E-state index is 11.6. The van der Waals surface area contributed by atoms with Gasteiger partial charge in [0.15, 0.2) is 0 Å². The van der Waals surface area contributed by atoms with E-state index in [0.29, 0.717) is 5.56 Å². The Morgan fingerprint density at radius 2 is 2.06 bits per heavy atom. The first-order valence-electron chi connectivity index (χ1n) is 4.89. The van der Waals surface area contributed by atoms with Crippen molar-refractivity contribution in [2.45, 2.75) is 6.42 Å². The molecule has 0 aliphatic heterocycles. The molecule has 0 aliphatic rings. The summed E-state index contributed by atoms with van der Waals surface area (Å²) < 4.78 is 0. The lowest BCUT2D eigenvalue weighted by molar-refractivity contribution is -0.384. The number of nitriles is 1. The van der Waals surface area contributed by atoms with Crippen LogP contribution < -0.4 is 0 Å². The van der Waals surface area contributed by atoms with E-state index in [0.717, 1.165) is 0 Å². The first kappa shape index (κ1) is 12.6. The van der Waals surface area contributed by atoms with Crippen LogP contribution >= 0.6 is 0 Å². The van der Waals surface area contributed by atoms with Crippen LogP contribution in [0.15, 0.2) is 24.3 Å². The van der Waals surface area contributed by atoms with E-state index in [1.807, 2.05) is 6.07 Å². The molecule has 0 atom stereocenters. The number of benzene rings is 1. The molecule has 0 aliphatic carbocycles. The van der Waals surface area contributed by atoms with E-state index in [1.54, 1.807) is 0 Å². The van der Waals surface area contributed by atoms with Gasteiger partial charge in [-0.3, -0.25) is 14.9 Å². The third-order valence-electron chi connectivity index (χ3n) is 2.24. The van der Waals surface area contributed by atoms with Gasteiger partial charge in [-0.05, 0) is 5.56 Å². The molecule has 6 heteroatoms. The summed E-state index contributed by atoms with van der Waals surface area (Å²) in [6.45, 7) is 0.0335. The maximum Gasteiger partial charge on any atom is 0.269 e. The molecule has 88 valence electrons. The molecule has 0 spiro atoms. The molecule has 0 aromatic heterocycles. The van der Waals surface area contributed by atoms with Crippen molar-refractivity contribution < 1.29 is 9.72 Å². The van der Waals surface area contributed by atoms with Crippen LogP contribution in [-0.4, -0.2) is 29.3 Å². The highest BCUT2D eigenvalue weighted by Gasteiger charge is 2.10. The number of hydrogen-bond acceptors (Lipinski definition) is 4. The molecule has 0 saturated carbocycles. The lowest BCUT2D eigenvalue weighted by atomic mass is 10.1. The second-order valence-corrected chi connectivity index (χ2v) is 3.51. The number of rotatable bonds is 4. The number of amides is 1. The van der Waals surface area contributed by atoms with Crippen LogP contribution in [0.25, 0.3) is 0 Å². The molecular weight excluding hydrogens is 222 g/mol. The van der Waals surface area contributed by atoms with Crippen LogP contribution in [0.1, 0.15) is 5.56 Å². The molecule has 0 bridgehead atoms. The van der Waals surface area contributed by atoms with Gasteiger partial charge >= 0.3 is 0 Å². The SMILES string of the molecule is CN(CC#N)C(=O)Cc1ccc([N+](=O)[O-])cc1. The van der Waals surface area contributed by atoms with Gasteiger partial charge in [0.25, 0.3) is 5.69 Å². The van der Waals surface area contributed by atoms with E-state index >= 15 is 0 Å². The lowest BCUT2D eigenvalue weighted by Crippen LogP contribution is -2.28. The van der Waals surface area contributed by atoms with Gasteiger partial charge in [-0.15, -0.1) is 0 Å². The van der Waals surface area contributed by atoms with Crippen molar-refractivity contribution in [3.8, 4) is 6.07 Å². The molecule has 0 unspecified atom stereocenters. The van der Waals surface area contributed by atoms with Gasteiger partial charge in [-0.25, -0.2) is 0 Å². The predicted molar refractivity (Wildman–Crippen MR) is 60.1 cm³/mol. The van der Waals surface area contributed by atoms with Crippen molar-refractivity contribution in [3.63, 3.8) is 0 Å². The van der Waals surface area contributed by atoms with Crippen LogP contribution in [-0.2, 0) is 11.2 Å². The van der Waals surface area contributed by atoms with E-state index in [1.165, 1.54) is 36.2 Å². The van der Waals surface area contributed by atoms with Crippen molar-refractivity contribution in [2.24, 2.45) is 0 Å². The summed E-state index contributed by atoms with van der Waals surface area (Å²) in [5, 5.41) is 18.9. The Labute approximate surface area is 98.2 Å². The molecule has 0 saturated heterocycles. The van der Waals surface area contributed by atoms with E-state index < -0.39 is 4.92 Å². The number of non-ortho nitro benzene ring substituents is 1. The number of likely N-dealkylation sites (N-methyl/N-ethyl adjacent to an activating group) is 1. The van der Waals surface area contributed by atoms with E-state index in [4.69, 9.17) is 5.26 Å². The Morgan fingerprint density at radius 3 is 2.53 bits per heavy atom. The van der Waals surface area contributed by atoms with Crippen molar-refractivity contribution in [1.29, 1.82) is 5.26 Å². The fourth-order valence-corrected chi connectivity index (χ4v) is 1.24. The van der Waals surface area contributed by atoms with E-state index in [9.17, 15) is 14.9 Å². The Morgan fingerprint density at radius 1 is 1.47 bits per heavy atom. The van der Waals surface area contributed by atoms with Gasteiger partial charge in [-0.1, -0.05) is 12.1 Å². The smallest absolute Gasteiger partial charge is 0.269 e. The quantitative estimate of drug-likeness (QED) is 0.443. The van der Waals surface area contributed by atoms with E-state index in [2.05, 4.69) is 0 Å². The predicted octanol–water partition coefficient (Wildman–Crippen LogP) is 1.12. The minimum Gasteiger partial charge on any atom is -0.332 e. The molecule has 6 nitrogen and oxygen atoms in total. The van der Waals surface area contributed by atoms with E-state index in [-0.39, 0.29) is 24.6 Å². The van der Waals surface area contributed by atoms with Gasteiger partial charge in [-0.2, -0.15) is 5.26 Å². The summed E-state index contributed by atoms with van der Waals surface area (Å²) in [4.78, 5) is 22.8. The zero-order chi connectivity index (χ0) is 12.8. The second kappa shape index (κ2) is 5.61. The first-order chi connectivity index (χ1) is 8.04. The zero-order valence-corrected chi connectivity index (χ0v) is 9.29. The molecule has 0 radical (unpaired) electrons. The second-order valence-electron chi connectivity index (χ2n) is 3.51. The Bertz CT molecular complexity index is 462. The number of nitro benzene ring substituents is 1. The molecule has 1 aromatic carbocycles. The summed E-state index contributed by atoms with van der Waals surface area (Å²) in [5.74, 6) is -0.194. The summed E-state index contributed by atoms with van der Waals surface area (Å²) in [5.41, 5.74) is 0.678. The lowest BCUT2D eigenvalue weighted by Gasteiger charge is -2.12. The highest BCUT2D eigenvalue weighted by atomic mass is 16.6. The average molecular weight is 233 g/mol. The monoisotopic (exact) mass is 233 g/mol. The highest BCUT2D eigenvalue weighted by Crippen LogP contribution is 2.12. The van der Waals surface area contributed by atoms with Crippen LogP contribution in [0.4, 0.5) is 5.69 Å². The minimum absolute atomic E-state index is 0.00780. The molecule has 1 aromatic rings. The Kier molecular flexibility index (Phi) is 4.17. The average Bonchev–Trinajstić information content (AvgIpc) is 2.30. The summed E-state index contributed by atoms with van der Waals surface area (Å²) in [6, 6.07) is 7.66. The van der Waals surface area contributed by atoms with Gasteiger partial charge in [0.2, 0.25) is 5.91 Å². The zero-order valence-electron chi connectivity index (χ0n) is 9.29. The van der Waals surface area contributed by atoms with Crippen LogP contribution in [0, 0.1) is 21.4 Å². The molecule has 0 N–H and O–H groups in total. The standard InChI is InChI=1S/C11H11N3O3/c1-13(7-6-12)11(15)8-9-2-4-10(5-3-9)14(16)17/h2-5H,7-8H2,1H3. The van der Waals surface area contributed by atoms with Crippen molar-refractivity contribution in [1.82, 2.24) is 4.90 Å². The molecular formula is C11H11N3O3. The normalized spacial score (nSPS) is 9.41. The van der Waals surface area contributed by atoms with Crippen LogP contribution in [0.2, 0.25) is 0 Å². The number of carbonyl (C=O) groups is 1. The first-order valence-corrected chi connectivity index (χ1v) is 4.89. The highest BCUT2D eigenvalue weighted by molar-refractivity contribution is 5.78. The van der Waals surface area contributed by atoms with Crippen molar-refractivity contribution in [3.05, 3.63) is 39.9 Å².